The van der Waals surface area contributed by atoms with Gasteiger partial charge in [-0.3, -0.25) is 10.1 Å². The van der Waals surface area contributed by atoms with Crippen LogP contribution in [0.25, 0.3) is 0 Å². The summed E-state index contributed by atoms with van der Waals surface area (Å²) in [6.45, 7) is 0. The molecule has 0 aromatic heterocycles. The van der Waals surface area contributed by atoms with Crippen molar-refractivity contribution < 1.29 is 15.0 Å². The van der Waals surface area contributed by atoms with Crippen LogP contribution in [0.3, 0.4) is 0 Å². The van der Waals surface area contributed by atoms with E-state index in [0.717, 1.165) is 0 Å². The summed E-state index contributed by atoms with van der Waals surface area (Å²) in [5, 5.41) is 28.0. The van der Waals surface area contributed by atoms with E-state index in [1.54, 1.807) is 0 Å². The van der Waals surface area contributed by atoms with E-state index in [4.69, 9.17) is 10.0 Å². The number of nitro groups is 1. The lowest BCUT2D eigenvalue weighted by molar-refractivity contribution is -0.383. The molecule has 0 aliphatic carbocycles. The second kappa shape index (κ2) is 3.86. The Hall–Kier alpha value is -0.915. The number of nitrogens with zero attached hydrogens (tertiary/aromatic N) is 1. The van der Waals surface area contributed by atoms with E-state index in [0.29, 0.717) is 4.47 Å². The van der Waals surface area contributed by atoms with E-state index in [-0.39, 0.29) is 11.2 Å². The molecular formula is C6H5BBrNO4. The van der Waals surface area contributed by atoms with Gasteiger partial charge >= 0.3 is 7.12 Å². The molecule has 0 radical (unpaired) electrons. The highest BCUT2D eigenvalue weighted by Gasteiger charge is 2.23. The molecule has 68 valence electrons. The van der Waals surface area contributed by atoms with E-state index in [1.165, 1.54) is 18.2 Å². The van der Waals surface area contributed by atoms with Crippen LogP contribution in [0.4, 0.5) is 5.69 Å². The Bertz CT molecular complexity index is 343. The summed E-state index contributed by atoms with van der Waals surface area (Å²) in [4.78, 5) is 9.77. The van der Waals surface area contributed by atoms with Gasteiger partial charge in [0, 0.05) is 10.5 Å². The van der Waals surface area contributed by atoms with Gasteiger partial charge in [0.1, 0.15) is 0 Å². The lowest BCUT2D eigenvalue weighted by atomic mass is 9.79. The van der Waals surface area contributed by atoms with Gasteiger partial charge in [0.25, 0.3) is 5.69 Å². The van der Waals surface area contributed by atoms with Crippen LogP contribution >= 0.6 is 15.9 Å². The smallest absolute Gasteiger partial charge is 0.423 e. The Morgan fingerprint density at radius 3 is 2.54 bits per heavy atom. The van der Waals surface area contributed by atoms with Crippen LogP contribution < -0.4 is 5.46 Å². The normalized spacial score (nSPS) is 9.77. The molecule has 0 aliphatic heterocycles. The van der Waals surface area contributed by atoms with Gasteiger partial charge in [-0.2, -0.15) is 0 Å². The van der Waals surface area contributed by atoms with Crippen molar-refractivity contribution in [3.63, 3.8) is 0 Å². The van der Waals surface area contributed by atoms with Gasteiger partial charge < -0.3 is 10.0 Å². The molecule has 0 heterocycles. The summed E-state index contributed by atoms with van der Waals surface area (Å²) in [7, 11) is -1.83. The van der Waals surface area contributed by atoms with Gasteiger partial charge in [0.2, 0.25) is 0 Å². The summed E-state index contributed by atoms with van der Waals surface area (Å²) in [5.74, 6) is 0. The summed E-state index contributed by atoms with van der Waals surface area (Å²) in [5.41, 5.74) is -0.433. The Balaban J connectivity index is 3.27. The molecule has 0 atom stereocenters. The van der Waals surface area contributed by atoms with E-state index in [1.807, 2.05) is 0 Å². The average Bonchev–Trinajstić information content (AvgIpc) is 2.03. The van der Waals surface area contributed by atoms with Crippen LogP contribution in [0, 0.1) is 10.1 Å². The highest BCUT2D eigenvalue weighted by Crippen LogP contribution is 2.16. The van der Waals surface area contributed by atoms with Crippen LogP contribution in [0.2, 0.25) is 0 Å². The van der Waals surface area contributed by atoms with E-state index in [9.17, 15) is 10.1 Å². The van der Waals surface area contributed by atoms with Crippen molar-refractivity contribution in [3.05, 3.63) is 32.8 Å². The van der Waals surface area contributed by atoms with Gasteiger partial charge in [-0.25, -0.2) is 0 Å². The Kier molecular flexibility index (Phi) is 3.02. The molecule has 5 nitrogen and oxygen atoms in total. The van der Waals surface area contributed by atoms with Gasteiger partial charge in [-0.15, -0.1) is 0 Å². The molecule has 0 spiro atoms. The minimum atomic E-state index is -1.83. The third-order valence-corrected chi connectivity index (χ3v) is 1.96. The summed E-state index contributed by atoms with van der Waals surface area (Å²) < 4.78 is 0.517. The van der Waals surface area contributed by atoms with Crippen molar-refractivity contribution >= 4 is 34.2 Å². The van der Waals surface area contributed by atoms with E-state index < -0.39 is 12.0 Å². The zero-order valence-corrected chi connectivity index (χ0v) is 7.93. The maximum absolute atomic E-state index is 10.4. The molecule has 0 unspecified atom stereocenters. The topological polar surface area (TPSA) is 83.6 Å². The number of nitro benzene ring substituents is 1. The standard InChI is InChI=1S/C6H5BBrNO4/c8-4-1-2-5(7(10)11)6(3-4)9(12)13/h1-3,10-11H. The van der Waals surface area contributed by atoms with Gasteiger partial charge in [-0.05, 0) is 6.07 Å². The quantitative estimate of drug-likeness (QED) is 0.438. The molecule has 1 aromatic carbocycles. The molecule has 0 fully saturated rings. The fourth-order valence-electron chi connectivity index (χ4n) is 0.893. The van der Waals surface area contributed by atoms with Crippen LogP contribution in [0.15, 0.2) is 22.7 Å². The van der Waals surface area contributed by atoms with Crippen LogP contribution in [0.1, 0.15) is 0 Å². The second-order valence-corrected chi connectivity index (χ2v) is 3.25. The molecule has 1 rings (SSSR count). The van der Waals surface area contributed by atoms with E-state index >= 15 is 0 Å². The monoisotopic (exact) mass is 245 g/mol. The zero-order valence-electron chi connectivity index (χ0n) is 6.35. The summed E-state index contributed by atoms with van der Waals surface area (Å²) >= 11 is 3.05. The predicted molar refractivity (Wildman–Crippen MR) is 50.6 cm³/mol. The van der Waals surface area contributed by atoms with E-state index in [2.05, 4.69) is 15.9 Å². The molecule has 0 bridgehead atoms. The first-order chi connectivity index (χ1) is 6.02. The zero-order chi connectivity index (χ0) is 10.0. The second-order valence-electron chi connectivity index (χ2n) is 2.33. The van der Waals surface area contributed by atoms with Crippen LogP contribution in [0.5, 0.6) is 0 Å². The molecule has 0 saturated carbocycles. The molecule has 7 heteroatoms. The highest BCUT2D eigenvalue weighted by molar-refractivity contribution is 9.10. The summed E-state index contributed by atoms with van der Waals surface area (Å²) in [6, 6.07) is 4.00. The number of hydrogen-bond acceptors (Lipinski definition) is 4. The fraction of sp³-hybridized carbons (Fsp3) is 0. The average molecular weight is 246 g/mol. The molecule has 0 aliphatic rings. The number of benzene rings is 1. The molecule has 0 saturated heterocycles. The summed E-state index contributed by atoms with van der Waals surface area (Å²) in [6.07, 6.45) is 0. The van der Waals surface area contributed by atoms with Crippen molar-refractivity contribution in [1.82, 2.24) is 0 Å². The molecule has 1 aromatic rings. The van der Waals surface area contributed by atoms with Crippen molar-refractivity contribution in [2.24, 2.45) is 0 Å². The Labute approximate surface area is 82.4 Å². The minimum Gasteiger partial charge on any atom is -0.423 e. The van der Waals surface area contributed by atoms with Gasteiger partial charge in [0.05, 0.1) is 10.4 Å². The van der Waals surface area contributed by atoms with Crippen LogP contribution in [-0.4, -0.2) is 22.1 Å². The molecule has 2 N–H and O–H groups in total. The lowest BCUT2D eigenvalue weighted by Crippen LogP contribution is -2.31. The third-order valence-electron chi connectivity index (χ3n) is 1.47. The third kappa shape index (κ3) is 2.27. The maximum atomic E-state index is 10.4. The first-order valence-corrected chi connectivity index (χ1v) is 4.11. The van der Waals surface area contributed by atoms with Crippen molar-refractivity contribution in [1.29, 1.82) is 0 Å². The fourth-order valence-corrected chi connectivity index (χ4v) is 1.24. The largest absolute Gasteiger partial charge is 0.495 e. The van der Waals surface area contributed by atoms with Crippen LogP contribution in [-0.2, 0) is 0 Å². The first kappa shape index (κ1) is 10.2. The molecule has 13 heavy (non-hydrogen) atoms. The van der Waals surface area contributed by atoms with Crippen molar-refractivity contribution in [2.45, 2.75) is 0 Å². The number of hydrogen-bond donors (Lipinski definition) is 2. The molecular weight excluding hydrogens is 241 g/mol. The SMILES string of the molecule is O=[N+]([O-])c1cc(Br)ccc1B(O)O. The first-order valence-electron chi connectivity index (χ1n) is 3.32. The number of halogens is 1. The van der Waals surface area contributed by atoms with Crippen molar-refractivity contribution in [3.8, 4) is 0 Å². The predicted octanol–water partition coefficient (Wildman–Crippen LogP) is 0.0371. The minimum absolute atomic E-state index is 0.117. The number of rotatable bonds is 2. The Morgan fingerprint density at radius 2 is 2.08 bits per heavy atom. The lowest BCUT2D eigenvalue weighted by Gasteiger charge is -2.00. The molecule has 0 amide bonds. The van der Waals surface area contributed by atoms with Gasteiger partial charge in [0.15, 0.2) is 0 Å². The van der Waals surface area contributed by atoms with Crippen molar-refractivity contribution in [2.75, 3.05) is 0 Å². The van der Waals surface area contributed by atoms with Gasteiger partial charge in [-0.1, -0.05) is 22.0 Å². The maximum Gasteiger partial charge on any atom is 0.495 e. The Morgan fingerprint density at radius 1 is 1.46 bits per heavy atom. The highest BCUT2D eigenvalue weighted by atomic mass is 79.9.